The summed E-state index contributed by atoms with van der Waals surface area (Å²) in [5, 5.41) is 7.29. The van der Waals surface area contributed by atoms with Crippen molar-refractivity contribution < 1.29 is 4.42 Å². The Bertz CT molecular complexity index is 3140. The maximum Gasteiger partial charge on any atom is 0.136 e. The van der Waals surface area contributed by atoms with Gasteiger partial charge >= 0.3 is 0 Å². The minimum Gasteiger partial charge on any atom is -0.456 e. The average molecular weight is 750 g/mol. The van der Waals surface area contributed by atoms with Crippen LogP contribution in [0.15, 0.2) is 166 Å². The van der Waals surface area contributed by atoms with E-state index in [1.807, 2.05) is 23.5 Å². The molecule has 3 nitrogen and oxygen atoms in total. The Morgan fingerprint density at radius 2 is 1.37 bits per heavy atom. The molecule has 1 aliphatic rings. The molecule has 0 bridgehead atoms. The average Bonchev–Trinajstić information content (AvgIpc) is 3.83. The number of allylic oxidation sites excluding steroid dienone is 1. The van der Waals surface area contributed by atoms with Crippen LogP contribution in [0.4, 0.5) is 5.69 Å². The lowest BCUT2D eigenvalue weighted by Gasteiger charge is -2.18. The van der Waals surface area contributed by atoms with Gasteiger partial charge in [0.1, 0.15) is 17.0 Å². The van der Waals surface area contributed by atoms with E-state index < -0.39 is 0 Å². The van der Waals surface area contributed by atoms with E-state index in [0.29, 0.717) is 0 Å². The number of fused-ring (bicyclic) bond motifs is 10. The monoisotopic (exact) mass is 748 g/mol. The van der Waals surface area contributed by atoms with Crippen molar-refractivity contribution in [2.24, 2.45) is 4.99 Å². The topological polar surface area (TPSA) is 30.4 Å². The summed E-state index contributed by atoms with van der Waals surface area (Å²) in [6.07, 6.45) is 4.10. The number of furan rings is 1. The highest BCUT2D eigenvalue weighted by molar-refractivity contribution is 9.10. The van der Waals surface area contributed by atoms with Crippen LogP contribution in [-0.4, -0.2) is 10.4 Å². The van der Waals surface area contributed by atoms with Crippen molar-refractivity contribution in [2.45, 2.75) is 12.8 Å². The molecule has 0 unspecified atom stereocenters. The lowest BCUT2D eigenvalue weighted by molar-refractivity contribution is 0.669. The Morgan fingerprint density at radius 1 is 0.577 bits per heavy atom. The first kappa shape index (κ1) is 29.9. The van der Waals surface area contributed by atoms with E-state index in [0.717, 1.165) is 61.9 Å². The molecular formula is C47H29BrN2OS. The second kappa shape index (κ2) is 11.6. The second-order valence-corrected chi connectivity index (χ2v) is 15.5. The highest BCUT2D eigenvalue weighted by Gasteiger charge is 2.21. The molecule has 0 amide bonds. The summed E-state index contributed by atoms with van der Waals surface area (Å²) in [5.41, 5.74) is 11.1. The van der Waals surface area contributed by atoms with Crippen molar-refractivity contribution in [3.63, 3.8) is 0 Å². The SMILES string of the molecule is Brc1cccc2oc3ccc(-c4ccc5c(c4)c4cc6c(cc4n5/C4=N/c5ccccc5/C(c5ccccc5)=C\CC4)sc4ccccc46)cc3c12. The summed E-state index contributed by atoms with van der Waals surface area (Å²) in [5.74, 6) is 1.06. The zero-order valence-electron chi connectivity index (χ0n) is 27.9. The van der Waals surface area contributed by atoms with Crippen LogP contribution in [0.25, 0.3) is 80.6 Å². The number of hydrogen-bond donors (Lipinski definition) is 0. The van der Waals surface area contributed by atoms with Crippen LogP contribution < -0.4 is 0 Å². The van der Waals surface area contributed by atoms with Crippen molar-refractivity contribution in [3.8, 4) is 11.1 Å². The fraction of sp³-hybridized carbons (Fsp3) is 0.0426. The normalized spacial score (nSPS) is 15.6. The molecule has 0 fully saturated rings. The Labute approximate surface area is 311 Å². The number of rotatable bonds is 2. The minimum absolute atomic E-state index is 0.814. The van der Waals surface area contributed by atoms with Gasteiger partial charge < -0.3 is 4.42 Å². The number of aromatic nitrogens is 1. The van der Waals surface area contributed by atoms with Crippen molar-refractivity contribution in [1.82, 2.24) is 4.57 Å². The van der Waals surface area contributed by atoms with Gasteiger partial charge in [-0.1, -0.05) is 107 Å². The molecule has 5 heteroatoms. The summed E-state index contributed by atoms with van der Waals surface area (Å²) >= 11 is 5.63. The molecule has 0 saturated carbocycles. The predicted molar refractivity (Wildman–Crippen MR) is 224 cm³/mol. The number of thiophene rings is 1. The molecule has 0 aliphatic carbocycles. The van der Waals surface area contributed by atoms with Gasteiger partial charge in [-0.3, -0.25) is 4.57 Å². The smallest absolute Gasteiger partial charge is 0.136 e. The summed E-state index contributed by atoms with van der Waals surface area (Å²) in [7, 11) is 0. The summed E-state index contributed by atoms with van der Waals surface area (Å²) in [6, 6.07) is 52.5. The van der Waals surface area contributed by atoms with Gasteiger partial charge in [0.25, 0.3) is 0 Å². The molecule has 10 aromatic rings. The predicted octanol–water partition coefficient (Wildman–Crippen LogP) is 14.3. The number of hydrogen-bond acceptors (Lipinski definition) is 3. The lowest BCUT2D eigenvalue weighted by atomic mass is 9.94. The number of benzene rings is 7. The van der Waals surface area contributed by atoms with E-state index in [1.54, 1.807) is 0 Å². The maximum atomic E-state index is 6.22. The van der Waals surface area contributed by atoms with E-state index in [2.05, 4.69) is 160 Å². The third kappa shape index (κ3) is 4.59. The van der Waals surface area contributed by atoms with Crippen LogP contribution in [0.5, 0.6) is 0 Å². The van der Waals surface area contributed by atoms with Gasteiger partial charge in [0.2, 0.25) is 0 Å². The first-order valence-corrected chi connectivity index (χ1v) is 19.2. The highest BCUT2D eigenvalue weighted by Crippen LogP contribution is 2.43. The highest BCUT2D eigenvalue weighted by atomic mass is 79.9. The van der Waals surface area contributed by atoms with Gasteiger partial charge in [0.05, 0.1) is 16.7 Å². The molecule has 0 N–H and O–H groups in total. The number of nitrogens with zero attached hydrogens (tertiary/aromatic N) is 2. The molecule has 11 rings (SSSR count). The van der Waals surface area contributed by atoms with Gasteiger partial charge in [-0.25, -0.2) is 4.99 Å². The fourth-order valence-corrected chi connectivity index (χ4v) is 9.84. The van der Waals surface area contributed by atoms with E-state index in [4.69, 9.17) is 9.41 Å². The lowest BCUT2D eigenvalue weighted by Crippen LogP contribution is -2.12. The molecule has 0 saturated heterocycles. The molecule has 0 atom stereocenters. The van der Waals surface area contributed by atoms with Gasteiger partial charge in [0.15, 0.2) is 0 Å². The van der Waals surface area contributed by atoms with E-state index >= 15 is 0 Å². The molecule has 52 heavy (non-hydrogen) atoms. The Hall–Kier alpha value is -5.75. The van der Waals surface area contributed by atoms with Crippen LogP contribution in [0, 0.1) is 0 Å². The quantitative estimate of drug-likeness (QED) is 0.173. The molecule has 3 aromatic heterocycles. The van der Waals surface area contributed by atoms with Crippen molar-refractivity contribution in [1.29, 1.82) is 0 Å². The van der Waals surface area contributed by atoms with Gasteiger partial charge in [-0.2, -0.15) is 0 Å². The largest absolute Gasteiger partial charge is 0.456 e. The van der Waals surface area contributed by atoms with Gasteiger partial charge in [-0.05, 0) is 89.3 Å². The molecule has 4 heterocycles. The molecule has 0 spiro atoms. The third-order valence-corrected chi connectivity index (χ3v) is 12.3. The van der Waals surface area contributed by atoms with Crippen LogP contribution in [-0.2, 0) is 0 Å². The fourth-order valence-electron chi connectivity index (χ4n) is 8.16. The summed E-state index contributed by atoms with van der Waals surface area (Å²) < 4.78 is 12.3. The first-order chi connectivity index (χ1) is 25.7. The second-order valence-electron chi connectivity index (χ2n) is 13.5. The number of halogens is 1. The molecule has 1 aliphatic heterocycles. The van der Waals surface area contributed by atoms with E-state index in [1.165, 1.54) is 58.7 Å². The van der Waals surface area contributed by atoms with Crippen molar-refractivity contribution in [3.05, 3.63) is 167 Å². The van der Waals surface area contributed by atoms with Crippen LogP contribution in [0.2, 0.25) is 0 Å². The molecular weight excluding hydrogens is 721 g/mol. The first-order valence-electron chi connectivity index (χ1n) is 17.6. The van der Waals surface area contributed by atoms with Crippen molar-refractivity contribution in [2.75, 3.05) is 0 Å². The summed E-state index contributed by atoms with van der Waals surface area (Å²) in [4.78, 5) is 5.51. The van der Waals surface area contributed by atoms with Crippen LogP contribution in [0.1, 0.15) is 24.0 Å². The molecule has 0 radical (unpaired) electrons. The van der Waals surface area contributed by atoms with Gasteiger partial charge in [-0.15, -0.1) is 11.3 Å². The molecule has 246 valence electrons. The molecule has 7 aromatic carbocycles. The number of para-hydroxylation sites is 1. The number of aliphatic imine (C=N–C) groups is 1. The summed E-state index contributed by atoms with van der Waals surface area (Å²) in [6.45, 7) is 0. The standard InChI is InChI=1S/C47H29BrN2OS/c48-38-15-9-17-43-47(38)37-25-30(21-23-42(37)51-43)29-20-22-40-34(24-29)35-26-36-33-13-5-7-18-44(33)52-45(36)27-41(35)50(40)46-19-8-14-31(28-10-2-1-3-11-28)32-12-4-6-16-39(32)49-46/h1-7,9-18,20-27H,8,19H2/b31-14-,49-46+. The Kier molecular flexibility index (Phi) is 6.70. The third-order valence-electron chi connectivity index (χ3n) is 10.5. The van der Waals surface area contributed by atoms with Crippen molar-refractivity contribution >= 4 is 108 Å². The van der Waals surface area contributed by atoms with Gasteiger partial charge in [0, 0.05) is 58.2 Å². The Balaban J connectivity index is 1.16. The van der Waals surface area contributed by atoms with Crippen LogP contribution >= 0.6 is 27.3 Å². The van der Waals surface area contributed by atoms with E-state index in [-0.39, 0.29) is 0 Å². The Morgan fingerprint density at radius 3 is 2.29 bits per heavy atom. The van der Waals surface area contributed by atoms with E-state index in [9.17, 15) is 0 Å². The zero-order valence-corrected chi connectivity index (χ0v) is 30.3. The van der Waals surface area contributed by atoms with Crippen LogP contribution in [0.3, 0.4) is 0 Å². The maximum absolute atomic E-state index is 6.22. The zero-order chi connectivity index (χ0) is 34.3. The minimum atomic E-state index is 0.814.